The monoisotopic (exact) mass is 627 g/mol. The van der Waals surface area contributed by atoms with Crippen molar-refractivity contribution in [3.63, 3.8) is 0 Å². The Labute approximate surface area is 284 Å². The van der Waals surface area contributed by atoms with Gasteiger partial charge in [0.25, 0.3) is 0 Å². The zero-order chi connectivity index (χ0) is 32.6. The van der Waals surface area contributed by atoms with E-state index in [9.17, 15) is 0 Å². The molecule has 0 bridgehead atoms. The lowest BCUT2D eigenvalue weighted by Gasteiger charge is -2.11. The van der Waals surface area contributed by atoms with Crippen LogP contribution in [0.1, 0.15) is 0 Å². The Morgan fingerprint density at radius 3 is 1.37 bits per heavy atom. The van der Waals surface area contributed by atoms with E-state index in [2.05, 4.69) is 140 Å². The van der Waals surface area contributed by atoms with E-state index in [1.807, 2.05) is 36.4 Å². The first-order valence-corrected chi connectivity index (χ1v) is 16.4. The summed E-state index contributed by atoms with van der Waals surface area (Å²) in [5, 5.41) is 2.23. The normalized spacial score (nSPS) is 11.3. The molecule has 0 radical (unpaired) electrons. The zero-order valence-electron chi connectivity index (χ0n) is 26.5. The molecule has 7 aromatic carbocycles. The van der Waals surface area contributed by atoms with Crippen LogP contribution in [0.3, 0.4) is 0 Å². The van der Waals surface area contributed by atoms with Gasteiger partial charge in [0.05, 0.1) is 0 Å². The molecule has 9 aromatic rings. The van der Waals surface area contributed by atoms with E-state index < -0.39 is 0 Å². The van der Waals surface area contributed by atoms with Crippen LogP contribution in [-0.2, 0) is 0 Å². The van der Waals surface area contributed by atoms with Crippen LogP contribution in [0.4, 0.5) is 0 Å². The summed E-state index contributed by atoms with van der Waals surface area (Å²) in [6.07, 6.45) is 0. The van der Waals surface area contributed by atoms with Gasteiger partial charge >= 0.3 is 0 Å². The van der Waals surface area contributed by atoms with E-state index in [-0.39, 0.29) is 0 Å². The highest BCUT2D eigenvalue weighted by Crippen LogP contribution is 2.37. The number of furan rings is 1. The van der Waals surface area contributed by atoms with Gasteiger partial charge in [-0.05, 0) is 57.6 Å². The molecule has 0 saturated carbocycles. The highest BCUT2D eigenvalue weighted by molar-refractivity contribution is 6.12. The second-order valence-electron chi connectivity index (χ2n) is 12.1. The molecule has 0 amide bonds. The Hall–Kier alpha value is -6.65. The molecule has 230 valence electrons. The summed E-state index contributed by atoms with van der Waals surface area (Å²) < 4.78 is 6.16. The molecular formula is C45H29N3O. The third-order valence-electron chi connectivity index (χ3n) is 8.95. The van der Waals surface area contributed by atoms with Crippen molar-refractivity contribution in [3.05, 3.63) is 176 Å². The number of aromatic nitrogens is 3. The van der Waals surface area contributed by atoms with Crippen molar-refractivity contribution in [2.75, 3.05) is 0 Å². The van der Waals surface area contributed by atoms with Gasteiger partial charge < -0.3 is 4.42 Å². The van der Waals surface area contributed by atoms with E-state index in [0.717, 1.165) is 72.0 Å². The topological polar surface area (TPSA) is 51.8 Å². The number of benzene rings is 7. The van der Waals surface area contributed by atoms with Gasteiger partial charge in [-0.15, -0.1) is 0 Å². The fourth-order valence-electron chi connectivity index (χ4n) is 6.51. The third-order valence-corrected chi connectivity index (χ3v) is 8.95. The molecule has 2 aromatic heterocycles. The van der Waals surface area contributed by atoms with Crippen LogP contribution >= 0.6 is 0 Å². The molecular weight excluding hydrogens is 599 g/mol. The molecule has 0 aliphatic carbocycles. The van der Waals surface area contributed by atoms with Gasteiger partial charge in [0.15, 0.2) is 17.5 Å². The smallest absolute Gasteiger partial charge is 0.164 e. The summed E-state index contributed by atoms with van der Waals surface area (Å²) in [4.78, 5) is 15.2. The van der Waals surface area contributed by atoms with E-state index in [4.69, 9.17) is 19.4 Å². The Kier molecular flexibility index (Phi) is 7.10. The second kappa shape index (κ2) is 12.2. The van der Waals surface area contributed by atoms with Crippen LogP contribution in [0, 0.1) is 0 Å². The fourth-order valence-corrected chi connectivity index (χ4v) is 6.51. The average molecular weight is 628 g/mol. The first-order valence-electron chi connectivity index (χ1n) is 16.4. The number of hydrogen-bond donors (Lipinski definition) is 0. The van der Waals surface area contributed by atoms with Gasteiger partial charge in [-0.3, -0.25) is 0 Å². The molecule has 0 saturated heterocycles. The first kappa shape index (κ1) is 28.6. The number of para-hydroxylation sites is 1. The first-order chi connectivity index (χ1) is 24.3. The van der Waals surface area contributed by atoms with Gasteiger partial charge in [-0.25, -0.2) is 15.0 Å². The zero-order valence-corrected chi connectivity index (χ0v) is 26.5. The summed E-state index contributed by atoms with van der Waals surface area (Å²) in [7, 11) is 0. The van der Waals surface area contributed by atoms with Crippen molar-refractivity contribution >= 4 is 21.9 Å². The second-order valence-corrected chi connectivity index (χ2v) is 12.1. The Morgan fingerprint density at radius 2 is 0.755 bits per heavy atom. The van der Waals surface area contributed by atoms with Gasteiger partial charge in [-0.2, -0.15) is 0 Å². The maximum absolute atomic E-state index is 6.16. The van der Waals surface area contributed by atoms with Gasteiger partial charge in [0.2, 0.25) is 0 Å². The van der Waals surface area contributed by atoms with Gasteiger partial charge in [-0.1, -0.05) is 152 Å². The molecule has 4 nitrogen and oxygen atoms in total. The van der Waals surface area contributed by atoms with E-state index in [1.165, 1.54) is 0 Å². The van der Waals surface area contributed by atoms with Gasteiger partial charge in [0.1, 0.15) is 11.2 Å². The highest BCUT2D eigenvalue weighted by atomic mass is 16.3. The van der Waals surface area contributed by atoms with E-state index >= 15 is 0 Å². The quantitative estimate of drug-likeness (QED) is 0.184. The Bertz CT molecular complexity index is 2490. The van der Waals surface area contributed by atoms with Crippen LogP contribution in [0.5, 0.6) is 0 Å². The van der Waals surface area contributed by atoms with Gasteiger partial charge in [0, 0.05) is 27.5 Å². The molecule has 0 N–H and O–H groups in total. The minimum atomic E-state index is 0.619. The molecule has 0 spiro atoms. The van der Waals surface area contributed by atoms with E-state index in [0.29, 0.717) is 17.5 Å². The molecule has 49 heavy (non-hydrogen) atoms. The highest BCUT2D eigenvalue weighted by Gasteiger charge is 2.16. The lowest BCUT2D eigenvalue weighted by molar-refractivity contribution is 0.669. The number of rotatable bonds is 6. The molecule has 9 rings (SSSR count). The van der Waals surface area contributed by atoms with Crippen molar-refractivity contribution < 1.29 is 4.42 Å². The van der Waals surface area contributed by atoms with Crippen LogP contribution in [0.15, 0.2) is 180 Å². The average Bonchev–Trinajstić information content (AvgIpc) is 3.58. The van der Waals surface area contributed by atoms with Crippen molar-refractivity contribution in [3.8, 4) is 67.5 Å². The lowest BCUT2D eigenvalue weighted by atomic mass is 9.98. The molecule has 0 aliphatic heterocycles. The SMILES string of the molecule is c1ccc(-c2cccc(-c3nc(-c4ccc(-c5cccc6oc7ccccc7c56)cc4)nc(-c4cccc(-c5ccccc5)c4)n3)c2)cc1. The molecule has 0 unspecified atom stereocenters. The number of nitrogens with zero attached hydrogens (tertiary/aromatic N) is 3. The van der Waals surface area contributed by atoms with Crippen molar-refractivity contribution in [1.82, 2.24) is 15.0 Å². The molecule has 0 atom stereocenters. The van der Waals surface area contributed by atoms with Crippen molar-refractivity contribution in [2.45, 2.75) is 0 Å². The minimum Gasteiger partial charge on any atom is -0.456 e. The maximum Gasteiger partial charge on any atom is 0.164 e. The molecule has 0 fully saturated rings. The predicted molar refractivity (Wildman–Crippen MR) is 200 cm³/mol. The van der Waals surface area contributed by atoms with Crippen molar-refractivity contribution in [2.24, 2.45) is 0 Å². The standard InChI is InChI=1S/C45H29N3O/c1-3-12-30(13-4-1)34-16-9-18-36(28-34)44-46-43(47-45(48-44)37-19-10-17-35(29-37)31-14-5-2-6-15-31)33-26-24-32(25-27-33)38-21-11-23-41-42(38)39-20-7-8-22-40(39)49-41/h1-29H. The minimum absolute atomic E-state index is 0.619. The molecule has 2 heterocycles. The fraction of sp³-hybridized carbons (Fsp3) is 0. The summed E-state index contributed by atoms with van der Waals surface area (Å²) in [6, 6.07) is 60.4. The Balaban J connectivity index is 1.17. The van der Waals surface area contributed by atoms with Crippen LogP contribution in [-0.4, -0.2) is 15.0 Å². The predicted octanol–water partition coefficient (Wildman–Crippen LogP) is 11.8. The Morgan fingerprint density at radius 1 is 0.306 bits per heavy atom. The summed E-state index contributed by atoms with van der Waals surface area (Å²) in [5.41, 5.74) is 11.3. The summed E-state index contributed by atoms with van der Waals surface area (Å²) in [5.74, 6) is 1.87. The summed E-state index contributed by atoms with van der Waals surface area (Å²) in [6.45, 7) is 0. The summed E-state index contributed by atoms with van der Waals surface area (Å²) >= 11 is 0. The van der Waals surface area contributed by atoms with Crippen LogP contribution in [0.25, 0.3) is 89.5 Å². The van der Waals surface area contributed by atoms with Crippen molar-refractivity contribution in [1.29, 1.82) is 0 Å². The lowest BCUT2D eigenvalue weighted by Crippen LogP contribution is -2.00. The molecule has 0 aliphatic rings. The molecule has 4 heteroatoms. The van der Waals surface area contributed by atoms with Crippen LogP contribution < -0.4 is 0 Å². The number of fused-ring (bicyclic) bond motifs is 3. The number of hydrogen-bond acceptors (Lipinski definition) is 4. The van der Waals surface area contributed by atoms with E-state index in [1.54, 1.807) is 0 Å². The maximum atomic E-state index is 6.16. The third kappa shape index (κ3) is 5.45. The largest absolute Gasteiger partial charge is 0.456 e. The van der Waals surface area contributed by atoms with Crippen LogP contribution in [0.2, 0.25) is 0 Å².